The van der Waals surface area contributed by atoms with Gasteiger partial charge < -0.3 is 5.32 Å². The van der Waals surface area contributed by atoms with Gasteiger partial charge in [0.2, 0.25) is 0 Å². The molecule has 2 fully saturated rings. The van der Waals surface area contributed by atoms with Crippen molar-refractivity contribution in [3.05, 3.63) is 0 Å². The third-order valence-electron chi connectivity index (χ3n) is 3.05. The minimum Gasteiger partial charge on any atom is -0.362 e. The molecule has 1 saturated carbocycles. The summed E-state index contributed by atoms with van der Waals surface area (Å²) in [7, 11) is 0. The molecule has 2 rings (SSSR count). The number of amidine groups is 1. The molecule has 0 bridgehead atoms. The van der Waals surface area contributed by atoms with Crippen molar-refractivity contribution < 1.29 is 0 Å². The lowest BCUT2D eigenvalue weighted by molar-refractivity contribution is 0.372. The molecule has 0 amide bonds. The van der Waals surface area contributed by atoms with Gasteiger partial charge in [0.15, 0.2) is 5.17 Å². The molecule has 0 spiro atoms. The molecule has 2 aliphatic rings. The minimum absolute atomic E-state index is 0.487. The monoisotopic (exact) mass is 230 g/mol. The molecular weight excluding hydrogens is 212 g/mol. The largest absolute Gasteiger partial charge is 0.362 e. The topological polar surface area (TPSA) is 24.4 Å². The molecule has 4 heteroatoms. The first kappa shape index (κ1) is 10.7. The Morgan fingerprint density at radius 2 is 2.43 bits per heavy atom. The van der Waals surface area contributed by atoms with Crippen LogP contribution in [0.2, 0.25) is 0 Å². The third-order valence-corrected chi connectivity index (χ3v) is 5.64. The van der Waals surface area contributed by atoms with Crippen molar-refractivity contribution in [3.8, 4) is 0 Å². The van der Waals surface area contributed by atoms with E-state index in [-0.39, 0.29) is 0 Å². The molecule has 0 radical (unpaired) electrons. The first-order valence-electron chi connectivity index (χ1n) is 5.23. The van der Waals surface area contributed by atoms with Crippen LogP contribution in [0, 0.1) is 0 Å². The van der Waals surface area contributed by atoms with Crippen molar-refractivity contribution in [1.82, 2.24) is 5.32 Å². The maximum absolute atomic E-state index is 4.69. The highest BCUT2D eigenvalue weighted by molar-refractivity contribution is 8.14. The van der Waals surface area contributed by atoms with Gasteiger partial charge in [-0.2, -0.15) is 11.8 Å². The Kier molecular flexibility index (Phi) is 3.32. The van der Waals surface area contributed by atoms with Crippen LogP contribution in [0.3, 0.4) is 0 Å². The van der Waals surface area contributed by atoms with Crippen LogP contribution < -0.4 is 5.32 Å². The second kappa shape index (κ2) is 4.35. The second-order valence-corrected chi connectivity index (χ2v) is 6.50. The molecule has 1 atom stereocenters. The number of nitrogens with zero attached hydrogens (tertiary/aromatic N) is 1. The highest BCUT2D eigenvalue weighted by atomic mass is 32.2. The molecule has 14 heavy (non-hydrogen) atoms. The van der Waals surface area contributed by atoms with Gasteiger partial charge >= 0.3 is 0 Å². The Bertz CT molecular complexity index is 231. The Morgan fingerprint density at radius 1 is 1.64 bits per heavy atom. The molecule has 0 aromatic rings. The summed E-state index contributed by atoms with van der Waals surface area (Å²) in [5, 5.41) is 4.57. The Balaban J connectivity index is 1.86. The van der Waals surface area contributed by atoms with Crippen LogP contribution in [0.15, 0.2) is 4.99 Å². The van der Waals surface area contributed by atoms with Crippen LogP contribution in [-0.4, -0.2) is 34.5 Å². The van der Waals surface area contributed by atoms with Crippen molar-refractivity contribution in [2.75, 3.05) is 18.6 Å². The van der Waals surface area contributed by atoms with Crippen LogP contribution in [0.25, 0.3) is 0 Å². The van der Waals surface area contributed by atoms with E-state index in [0.29, 0.717) is 10.8 Å². The standard InChI is InChI=1S/C10H18N2S2/c1-8-6-14-9(12-8)11-7-10(13-2)4-3-5-10/h8H,3-7H2,1-2H3,(H,11,12). The minimum atomic E-state index is 0.487. The lowest BCUT2D eigenvalue weighted by Crippen LogP contribution is -2.37. The first-order chi connectivity index (χ1) is 6.74. The van der Waals surface area contributed by atoms with E-state index in [4.69, 9.17) is 0 Å². The van der Waals surface area contributed by atoms with Crippen LogP contribution in [-0.2, 0) is 0 Å². The molecule has 1 N–H and O–H groups in total. The lowest BCUT2D eigenvalue weighted by Gasteiger charge is -2.39. The van der Waals surface area contributed by atoms with E-state index in [1.807, 2.05) is 23.5 Å². The molecule has 1 aliphatic heterocycles. The first-order valence-corrected chi connectivity index (χ1v) is 7.44. The number of nitrogens with one attached hydrogen (secondary N) is 1. The Morgan fingerprint density at radius 3 is 2.86 bits per heavy atom. The van der Waals surface area contributed by atoms with Crippen molar-refractivity contribution in [3.63, 3.8) is 0 Å². The third kappa shape index (κ3) is 2.22. The summed E-state index contributed by atoms with van der Waals surface area (Å²) >= 11 is 3.86. The van der Waals surface area contributed by atoms with Gasteiger partial charge in [-0.1, -0.05) is 18.2 Å². The predicted molar refractivity (Wildman–Crippen MR) is 67.5 cm³/mol. The van der Waals surface area contributed by atoms with E-state index in [2.05, 4.69) is 23.5 Å². The van der Waals surface area contributed by atoms with Crippen LogP contribution in [0.5, 0.6) is 0 Å². The number of hydrogen-bond acceptors (Lipinski definition) is 3. The van der Waals surface area contributed by atoms with Gasteiger partial charge in [-0.15, -0.1) is 0 Å². The van der Waals surface area contributed by atoms with Crippen LogP contribution >= 0.6 is 23.5 Å². The van der Waals surface area contributed by atoms with Gasteiger partial charge in [-0.3, -0.25) is 4.99 Å². The average molecular weight is 230 g/mol. The normalized spacial score (nSPS) is 32.7. The van der Waals surface area contributed by atoms with Crippen molar-refractivity contribution in [2.45, 2.75) is 37.0 Å². The summed E-state index contributed by atoms with van der Waals surface area (Å²) < 4.78 is 0.487. The van der Waals surface area contributed by atoms with Gasteiger partial charge in [0.25, 0.3) is 0 Å². The fourth-order valence-corrected chi connectivity index (χ4v) is 3.63. The summed E-state index contributed by atoms with van der Waals surface area (Å²) in [6.07, 6.45) is 6.32. The highest BCUT2D eigenvalue weighted by Crippen LogP contribution is 2.43. The summed E-state index contributed by atoms with van der Waals surface area (Å²) in [5.41, 5.74) is 0. The van der Waals surface area contributed by atoms with Crippen molar-refractivity contribution in [1.29, 1.82) is 0 Å². The van der Waals surface area contributed by atoms with Gasteiger partial charge in [-0.05, 0) is 26.0 Å². The maximum Gasteiger partial charge on any atom is 0.156 e. The van der Waals surface area contributed by atoms with Crippen LogP contribution in [0.4, 0.5) is 0 Å². The highest BCUT2D eigenvalue weighted by Gasteiger charge is 2.36. The molecule has 0 aromatic carbocycles. The maximum atomic E-state index is 4.69. The molecule has 1 heterocycles. The average Bonchev–Trinajstić information content (AvgIpc) is 2.50. The second-order valence-electron chi connectivity index (χ2n) is 4.22. The van der Waals surface area contributed by atoms with Gasteiger partial charge in [0.1, 0.15) is 0 Å². The quantitative estimate of drug-likeness (QED) is 0.805. The zero-order valence-electron chi connectivity index (χ0n) is 8.88. The van der Waals surface area contributed by atoms with Gasteiger partial charge in [0, 0.05) is 16.5 Å². The smallest absolute Gasteiger partial charge is 0.156 e. The zero-order valence-corrected chi connectivity index (χ0v) is 10.5. The lowest BCUT2D eigenvalue weighted by atomic mass is 9.84. The van der Waals surface area contributed by atoms with E-state index in [9.17, 15) is 0 Å². The van der Waals surface area contributed by atoms with Crippen molar-refractivity contribution >= 4 is 28.7 Å². The predicted octanol–water partition coefficient (Wildman–Crippen LogP) is 2.35. The van der Waals surface area contributed by atoms with E-state index >= 15 is 0 Å². The molecule has 2 nitrogen and oxygen atoms in total. The number of thioether (sulfide) groups is 2. The number of rotatable bonds is 3. The molecule has 1 unspecified atom stereocenters. The van der Waals surface area contributed by atoms with E-state index in [1.54, 1.807) is 0 Å². The van der Waals surface area contributed by atoms with Crippen LogP contribution in [0.1, 0.15) is 26.2 Å². The zero-order chi connectivity index (χ0) is 10.0. The fourth-order valence-electron chi connectivity index (χ4n) is 1.80. The van der Waals surface area contributed by atoms with E-state index in [0.717, 1.165) is 11.7 Å². The molecule has 80 valence electrons. The van der Waals surface area contributed by atoms with E-state index in [1.165, 1.54) is 25.0 Å². The van der Waals surface area contributed by atoms with Gasteiger partial charge in [-0.25, -0.2) is 0 Å². The number of aliphatic imine (C=N–C) groups is 1. The summed E-state index contributed by atoms with van der Waals surface area (Å²) in [4.78, 5) is 4.69. The Labute approximate surface area is 94.7 Å². The van der Waals surface area contributed by atoms with Gasteiger partial charge in [0.05, 0.1) is 6.54 Å². The summed E-state index contributed by atoms with van der Waals surface area (Å²) in [5.74, 6) is 1.17. The van der Waals surface area contributed by atoms with Crippen molar-refractivity contribution in [2.24, 2.45) is 4.99 Å². The summed E-state index contributed by atoms with van der Waals surface area (Å²) in [6.45, 7) is 3.22. The molecule has 0 aromatic heterocycles. The molecule has 1 aliphatic carbocycles. The Hall–Kier alpha value is 0.170. The summed E-state index contributed by atoms with van der Waals surface area (Å²) in [6, 6.07) is 0.602. The SMILES string of the molecule is CSC1(CN=C2NC(C)CS2)CCC1. The molecular formula is C10H18N2S2. The fraction of sp³-hybridized carbons (Fsp3) is 0.900. The number of hydrogen-bond donors (Lipinski definition) is 1. The molecule has 1 saturated heterocycles. The van der Waals surface area contributed by atoms with E-state index < -0.39 is 0 Å².